The first-order chi connectivity index (χ1) is 19.0. The van der Waals surface area contributed by atoms with E-state index < -0.39 is 0 Å². The van der Waals surface area contributed by atoms with E-state index in [0.717, 1.165) is 53.9 Å². The predicted octanol–water partition coefficient (Wildman–Crippen LogP) is 9.94. The van der Waals surface area contributed by atoms with Gasteiger partial charge in [-0.05, 0) is 39.8 Å². The van der Waals surface area contributed by atoms with Crippen molar-refractivity contribution in [2.45, 2.75) is 52.4 Å². The molecule has 4 aromatic carbocycles. The van der Waals surface area contributed by atoms with Crippen LogP contribution in [0.1, 0.15) is 52.7 Å². The molecule has 0 spiro atoms. The van der Waals surface area contributed by atoms with Gasteiger partial charge < -0.3 is 5.11 Å². The molecule has 0 aliphatic rings. The van der Waals surface area contributed by atoms with Crippen molar-refractivity contribution in [3.63, 3.8) is 0 Å². The molecule has 0 aliphatic heterocycles. The van der Waals surface area contributed by atoms with Crippen LogP contribution in [0.3, 0.4) is 0 Å². The zero-order valence-corrected chi connectivity index (χ0v) is 27.2. The first kappa shape index (κ1) is 29.2. The van der Waals surface area contributed by atoms with Crippen LogP contribution in [0.4, 0.5) is 0 Å². The molecule has 41 heavy (non-hydrogen) atoms. The van der Waals surface area contributed by atoms with Crippen LogP contribution in [0, 0.1) is 6.07 Å². The van der Waals surface area contributed by atoms with Crippen LogP contribution in [0.15, 0.2) is 85.1 Å². The number of aromatic hydroxyl groups is 1. The molecule has 0 aliphatic carbocycles. The van der Waals surface area contributed by atoms with E-state index in [1.807, 2.05) is 30.5 Å². The molecule has 0 unspecified atom stereocenters. The third-order valence-corrected chi connectivity index (χ3v) is 8.46. The summed E-state index contributed by atoms with van der Waals surface area (Å²) in [6, 6.07) is 30.5. The number of hydrogen-bond donors (Lipinski definition) is 1. The Morgan fingerprint density at radius 1 is 0.707 bits per heavy atom. The Morgan fingerprint density at radius 3 is 2.05 bits per heavy atom. The molecule has 0 fully saturated rings. The van der Waals surface area contributed by atoms with Gasteiger partial charge in [-0.25, -0.2) is 4.98 Å². The van der Waals surface area contributed by atoms with Crippen molar-refractivity contribution in [3.05, 3.63) is 102 Å². The molecule has 0 bridgehead atoms. The molecule has 0 radical (unpaired) electrons. The number of rotatable bonds is 3. The molecular weight excluding hydrogens is 704 g/mol. The number of hydrogen-bond acceptors (Lipinski definition) is 4. The SMILES string of the molecule is CC(C)(C)c1cc(C(C)(C)C)c(-c2cccc3sc(-c4ccccc4O)nc23)[c-]c1-c1cc2ccccc2cn1.[Pt]. The van der Waals surface area contributed by atoms with E-state index in [-0.39, 0.29) is 37.6 Å². The minimum Gasteiger partial charge on any atom is -0.507 e. The summed E-state index contributed by atoms with van der Waals surface area (Å²) >= 11 is 1.60. The van der Waals surface area contributed by atoms with Gasteiger partial charge in [-0.15, -0.1) is 40.2 Å². The van der Waals surface area contributed by atoms with Crippen molar-refractivity contribution in [3.8, 4) is 38.7 Å². The molecule has 1 N–H and O–H groups in total. The van der Waals surface area contributed by atoms with Gasteiger partial charge in [-0.1, -0.05) is 107 Å². The molecule has 6 aromatic rings. The summed E-state index contributed by atoms with van der Waals surface area (Å²) in [5.41, 5.74) is 7.93. The Bertz CT molecular complexity index is 1890. The van der Waals surface area contributed by atoms with Crippen molar-refractivity contribution in [1.82, 2.24) is 9.97 Å². The summed E-state index contributed by atoms with van der Waals surface area (Å²) in [4.78, 5) is 10.0. The monoisotopic (exact) mass is 736 g/mol. The standard InChI is InChI=1S/C36H33N2OS.Pt/c1-35(2,3)28-20-29(36(4,5)6)27(30-18-22-12-7-8-13-23(22)21-37-30)19-26(28)24-15-11-17-32-33(24)38-34(40-32)25-14-9-10-16-31(25)39;/h7-18,20-21,39H,1-6H3;/q-1;. The van der Waals surface area contributed by atoms with Gasteiger partial charge in [0.1, 0.15) is 10.8 Å². The first-order valence-electron chi connectivity index (χ1n) is 13.7. The Balaban J connectivity index is 0.00000337. The number of para-hydroxylation sites is 2. The third kappa shape index (κ3) is 5.48. The fourth-order valence-corrected chi connectivity index (χ4v) is 6.31. The number of pyridine rings is 1. The smallest absolute Gasteiger partial charge is 0.127 e. The van der Waals surface area contributed by atoms with Gasteiger partial charge >= 0.3 is 0 Å². The van der Waals surface area contributed by atoms with Crippen molar-refractivity contribution in [2.24, 2.45) is 0 Å². The second kappa shape index (κ2) is 10.8. The number of fused-ring (bicyclic) bond motifs is 2. The maximum absolute atomic E-state index is 10.5. The van der Waals surface area contributed by atoms with Crippen LogP contribution in [-0.2, 0) is 31.9 Å². The van der Waals surface area contributed by atoms with Gasteiger partial charge in [0, 0.05) is 37.7 Å². The molecule has 6 rings (SSSR count). The van der Waals surface area contributed by atoms with E-state index in [1.54, 1.807) is 17.4 Å². The predicted molar refractivity (Wildman–Crippen MR) is 169 cm³/mol. The molecule has 0 saturated heterocycles. The van der Waals surface area contributed by atoms with Crippen LogP contribution in [0.25, 0.3) is 53.9 Å². The van der Waals surface area contributed by atoms with Crippen LogP contribution >= 0.6 is 11.3 Å². The van der Waals surface area contributed by atoms with E-state index in [0.29, 0.717) is 0 Å². The molecule has 2 aromatic heterocycles. The third-order valence-electron chi connectivity index (χ3n) is 7.40. The second-order valence-electron chi connectivity index (χ2n) is 12.5. The Morgan fingerprint density at radius 2 is 1.34 bits per heavy atom. The summed E-state index contributed by atoms with van der Waals surface area (Å²) in [5.74, 6) is 0.240. The topological polar surface area (TPSA) is 46.0 Å². The van der Waals surface area contributed by atoms with E-state index in [1.165, 1.54) is 11.1 Å². The van der Waals surface area contributed by atoms with Crippen molar-refractivity contribution in [1.29, 1.82) is 0 Å². The Labute approximate surface area is 260 Å². The van der Waals surface area contributed by atoms with Crippen LogP contribution in [0.5, 0.6) is 5.75 Å². The summed E-state index contributed by atoms with van der Waals surface area (Å²) < 4.78 is 1.08. The Hall–Kier alpha value is -3.33. The quantitative estimate of drug-likeness (QED) is 0.184. The normalized spacial score (nSPS) is 12.0. The molecule has 2 heterocycles. The van der Waals surface area contributed by atoms with Crippen LogP contribution < -0.4 is 0 Å². The van der Waals surface area contributed by atoms with Crippen molar-refractivity contribution in [2.75, 3.05) is 0 Å². The number of phenolic OH excluding ortho intramolecular Hbond substituents is 1. The van der Waals surface area contributed by atoms with Gasteiger partial charge in [-0.3, -0.25) is 4.98 Å². The fraction of sp³-hybridized carbons (Fsp3) is 0.222. The largest absolute Gasteiger partial charge is 0.507 e. The van der Waals surface area contributed by atoms with Crippen LogP contribution in [0.2, 0.25) is 0 Å². The average molecular weight is 737 g/mol. The molecule has 0 saturated carbocycles. The number of aromatic nitrogens is 2. The Kier molecular flexibility index (Phi) is 7.70. The van der Waals surface area contributed by atoms with E-state index in [4.69, 9.17) is 9.97 Å². The second-order valence-corrected chi connectivity index (χ2v) is 13.5. The van der Waals surface area contributed by atoms with Gasteiger partial charge in [0.05, 0.1) is 11.1 Å². The minimum atomic E-state index is -0.125. The summed E-state index contributed by atoms with van der Waals surface area (Å²) in [6.45, 7) is 13.5. The molecule has 210 valence electrons. The van der Waals surface area contributed by atoms with E-state index in [9.17, 15) is 5.11 Å². The number of benzene rings is 4. The summed E-state index contributed by atoms with van der Waals surface area (Å²) in [6.07, 6.45) is 1.96. The van der Waals surface area contributed by atoms with E-state index >= 15 is 0 Å². The van der Waals surface area contributed by atoms with E-state index in [2.05, 4.69) is 96.1 Å². The minimum absolute atomic E-state index is 0. The molecular formula is C36H33N2OPtS-. The zero-order valence-electron chi connectivity index (χ0n) is 24.1. The van der Waals surface area contributed by atoms with Gasteiger partial charge in [-0.2, -0.15) is 0 Å². The van der Waals surface area contributed by atoms with Crippen molar-refractivity contribution < 1.29 is 26.2 Å². The summed E-state index contributed by atoms with van der Waals surface area (Å²) in [5, 5.41) is 13.6. The van der Waals surface area contributed by atoms with Crippen molar-refractivity contribution >= 4 is 32.3 Å². The number of nitrogens with zero attached hydrogens (tertiary/aromatic N) is 2. The summed E-state index contributed by atoms with van der Waals surface area (Å²) in [7, 11) is 0. The number of thiazole rings is 1. The fourth-order valence-electron chi connectivity index (χ4n) is 5.29. The molecule has 0 amide bonds. The molecule has 5 heteroatoms. The molecule has 3 nitrogen and oxygen atoms in total. The first-order valence-corrected chi connectivity index (χ1v) is 14.5. The van der Waals surface area contributed by atoms with Gasteiger partial charge in [0.15, 0.2) is 0 Å². The number of phenols is 1. The average Bonchev–Trinajstić information content (AvgIpc) is 3.35. The van der Waals surface area contributed by atoms with Gasteiger partial charge in [0.2, 0.25) is 0 Å². The maximum Gasteiger partial charge on any atom is 0.127 e. The zero-order chi connectivity index (χ0) is 28.2. The maximum atomic E-state index is 10.5. The van der Waals surface area contributed by atoms with Gasteiger partial charge in [0.25, 0.3) is 0 Å². The van der Waals surface area contributed by atoms with Crippen LogP contribution in [-0.4, -0.2) is 15.1 Å². The molecule has 0 atom stereocenters.